The highest BCUT2D eigenvalue weighted by molar-refractivity contribution is 5.52. The molecule has 3 aromatic rings. The molecule has 0 saturated heterocycles. The number of pyridine rings is 1. The average molecular weight is 334 g/mol. The molecule has 0 bridgehead atoms. The van der Waals surface area contributed by atoms with Gasteiger partial charge in [0.2, 0.25) is 0 Å². The molecule has 5 heteroatoms. The van der Waals surface area contributed by atoms with Crippen LogP contribution in [0.25, 0.3) is 11.5 Å². The Kier molecular flexibility index (Phi) is 5.69. The summed E-state index contributed by atoms with van der Waals surface area (Å²) in [6, 6.07) is 17.6. The summed E-state index contributed by atoms with van der Waals surface area (Å²) in [6.45, 7) is 2.48. The maximum Gasteiger partial charge on any atom is 0.180 e. The van der Waals surface area contributed by atoms with Crippen LogP contribution >= 0.6 is 0 Å². The third-order valence-corrected chi connectivity index (χ3v) is 3.87. The molecule has 0 aliphatic rings. The first-order chi connectivity index (χ1) is 12.2. The second-order valence-corrected chi connectivity index (χ2v) is 5.86. The first-order valence-corrected chi connectivity index (χ1v) is 8.50. The van der Waals surface area contributed by atoms with Crippen molar-refractivity contribution in [3.05, 3.63) is 72.1 Å². The van der Waals surface area contributed by atoms with Gasteiger partial charge in [-0.05, 0) is 24.1 Å². The Morgan fingerprint density at radius 2 is 1.84 bits per heavy atom. The number of anilines is 1. The van der Waals surface area contributed by atoms with E-state index in [4.69, 9.17) is 0 Å². The van der Waals surface area contributed by atoms with Crippen molar-refractivity contribution < 1.29 is 5.11 Å². The Balaban J connectivity index is 1.69. The van der Waals surface area contributed by atoms with Crippen LogP contribution in [0, 0.1) is 0 Å². The van der Waals surface area contributed by atoms with E-state index < -0.39 is 6.10 Å². The zero-order chi connectivity index (χ0) is 17.5. The Morgan fingerprint density at radius 1 is 1.04 bits per heavy atom. The van der Waals surface area contributed by atoms with Gasteiger partial charge in [-0.1, -0.05) is 43.3 Å². The number of nitrogens with one attached hydrogen (secondary N) is 1. The van der Waals surface area contributed by atoms with E-state index in [1.807, 2.05) is 54.6 Å². The summed E-state index contributed by atoms with van der Waals surface area (Å²) in [4.78, 5) is 13.4. The molecule has 3 rings (SSSR count). The molecule has 2 aromatic heterocycles. The average Bonchev–Trinajstić information content (AvgIpc) is 2.67. The van der Waals surface area contributed by atoms with Gasteiger partial charge in [0.15, 0.2) is 5.82 Å². The Labute approximate surface area is 147 Å². The van der Waals surface area contributed by atoms with Gasteiger partial charge in [-0.15, -0.1) is 0 Å². The van der Waals surface area contributed by atoms with Gasteiger partial charge >= 0.3 is 0 Å². The fraction of sp³-hybridized carbons (Fsp3) is 0.250. The van der Waals surface area contributed by atoms with Crippen LogP contribution in [0.4, 0.5) is 5.82 Å². The molecule has 1 unspecified atom stereocenters. The number of hydrogen-bond acceptors (Lipinski definition) is 5. The van der Waals surface area contributed by atoms with Crippen LogP contribution in [0.2, 0.25) is 0 Å². The SMILES string of the molecule is CCc1cc(NCC(O)Cc2ccccc2)nc(-c2ccccn2)n1. The van der Waals surface area contributed by atoms with Crippen molar-refractivity contribution in [3.63, 3.8) is 0 Å². The first kappa shape index (κ1) is 17.0. The molecule has 0 saturated carbocycles. The second-order valence-electron chi connectivity index (χ2n) is 5.86. The topological polar surface area (TPSA) is 70.9 Å². The third-order valence-electron chi connectivity index (χ3n) is 3.87. The maximum atomic E-state index is 10.3. The number of benzene rings is 1. The van der Waals surface area contributed by atoms with Gasteiger partial charge < -0.3 is 10.4 Å². The van der Waals surface area contributed by atoms with Crippen molar-refractivity contribution in [1.29, 1.82) is 0 Å². The smallest absolute Gasteiger partial charge is 0.180 e. The molecule has 0 fully saturated rings. The summed E-state index contributed by atoms with van der Waals surface area (Å²) in [5.41, 5.74) is 2.80. The molecule has 0 amide bonds. The molecular formula is C20H22N4O. The number of aliphatic hydroxyl groups excluding tert-OH is 1. The van der Waals surface area contributed by atoms with E-state index >= 15 is 0 Å². The number of aliphatic hydroxyl groups is 1. The molecule has 128 valence electrons. The molecule has 1 atom stereocenters. The zero-order valence-electron chi connectivity index (χ0n) is 14.3. The van der Waals surface area contributed by atoms with E-state index in [2.05, 4.69) is 27.2 Å². The van der Waals surface area contributed by atoms with Crippen LogP contribution in [0.15, 0.2) is 60.8 Å². The number of rotatable bonds is 7. The van der Waals surface area contributed by atoms with Gasteiger partial charge in [-0.25, -0.2) is 9.97 Å². The highest BCUT2D eigenvalue weighted by atomic mass is 16.3. The van der Waals surface area contributed by atoms with Crippen LogP contribution in [-0.2, 0) is 12.8 Å². The highest BCUT2D eigenvalue weighted by Crippen LogP contribution is 2.16. The largest absolute Gasteiger partial charge is 0.391 e. The Bertz CT molecular complexity index is 793. The van der Waals surface area contributed by atoms with Crippen LogP contribution in [0.1, 0.15) is 18.2 Å². The molecule has 1 aromatic carbocycles. The van der Waals surface area contributed by atoms with Gasteiger partial charge in [-0.2, -0.15) is 0 Å². The minimum absolute atomic E-state index is 0.427. The summed E-state index contributed by atoms with van der Waals surface area (Å²) in [5, 5.41) is 13.5. The predicted octanol–water partition coefficient (Wildman–Crippen LogP) is 3.12. The maximum absolute atomic E-state index is 10.3. The van der Waals surface area contributed by atoms with Gasteiger partial charge in [0.25, 0.3) is 0 Å². The van der Waals surface area contributed by atoms with Crippen LogP contribution in [0.3, 0.4) is 0 Å². The van der Waals surface area contributed by atoms with Crippen molar-refractivity contribution in [3.8, 4) is 11.5 Å². The van der Waals surface area contributed by atoms with Gasteiger partial charge in [-0.3, -0.25) is 4.98 Å². The standard InChI is InChI=1S/C20H22N4O/c1-2-16-13-19(24-20(23-16)18-10-6-7-11-21-18)22-14-17(25)12-15-8-4-3-5-9-15/h3-11,13,17,25H,2,12,14H2,1H3,(H,22,23,24). The second kappa shape index (κ2) is 8.35. The number of aryl methyl sites for hydroxylation is 1. The predicted molar refractivity (Wildman–Crippen MR) is 99.3 cm³/mol. The fourth-order valence-electron chi connectivity index (χ4n) is 2.56. The lowest BCUT2D eigenvalue weighted by Gasteiger charge is -2.13. The fourth-order valence-corrected chi connectivity index (χ4v) is 2.56. The van der Waals surface area contributed by atoms with E-state index in [0.29, 0.717) is 24.6 Å². The number of aromatic nitrogens is 3. The Morgan fingerprint density at radius 3 is 2.56 bits per heavy atom. The van der Waals surface area contributed by atoms with Crippen LogP contribution in [-0.4, -0.2) is 32.7 Å². The summed E-state index contributed by atoms with van der Waals surface area (Å²) in [6.07, 6.45) is 2.66. The summed E-state index contributed by atoms with van der Waals surface area (Å²) in [7, 11) is 0. The molecular weight excluding hydrogens is 312 g/mol. The molecule has 5 nitrogen and oxygen atoms in total. The monoisotopic (exact) mass is 334 g/mol. The lowest BCUT2D eigenvalue weighted by molar-refractivity contribution is 0.188. The Hall–Kier alpha value is -2.79. The van der Waals surface area contributed by atoms with Crippen molar-refractivity contribution in [2.24, 2.45) is 0 Å². The number of nitrogens with zero attached hydrogens (tertiary/aromatic N) is 3. The first-order valence-electron chi connectivity index (χ1n) is 8.50. The number of hydrogen-bond donors (Lipinski definition) is 2. The molecule has 0 aliphatic heterocycles. The van der Waals surface area contributed by atoms with E-state index in [1.54, 1.807) is 6.20 Å². The van der Waals surface area contributed by atoms with Crippen molar-refractivity contribution in [2.75, 3.05) is 11.9 Å². The van der Waals surface area contributed by atoms with Gasteiger partial charge in [0.05, 0.1) is 6.10 Å². The minimum Gasteiger partial charge on any atom is -0.391 e. The molecule has 2 N–H and O–H groups in total. The normalized spacial score (nSPS) is 11.9. The van der Waals surface area contributed by atoms with Crippen molar-refractivity contribution in [1.82, 2.24) is 15.0 Å². The molecule has 0 aliphatic carbocycles. The minimum atomic E-state index is -0.485. The molecule has 2 heterocycles. The van der Waals surface area contributed by atoms with E-state index in [1.165, 1.54) is 0 Å². The highest BCUT2D eigenvalue weighted by Gasteiger charge is 2.09. The van der Waals surface area contributed by atoms with Gasteiger partial charge in [0, 0.05) is 30.9 Å². The van der Waals surface area contributed by atoms with Crippen LogP contribution in [0.5, 0.6) is 0 Å². The van der Waals surface area contributed by atoms with E-state index in [9.17, 15) is 5.11 Å². The van der Waals surface area contributed by atoms with Crippen molar-refractivity contribution in [2.45, 2.75) is 25.9 Å². The molecule has 0 radical (unpaired) electrons. The lowest BCUT2D eigenvalue weighted by atomic mass is 10.1. The summed E-state index contributed by atoms with van der Waals surface area (Å²) < 4.78 is 0. The zero-order valence-corrected chi connectivity index (χ0v) is 14.3. The van der Waals surface area contributed by atoms with Gasteiger partial charge in [0.1, 0.15) is 11.5 Å². The summed E-state index contributed by atoms with van der Waals surface area (Å²) in [5.74, 6) is 1.31. The quantitative estimate of drug-likeness (QED) is 0.695. The third kappa shape index (κ3) is 4.84. The summed E-state index contributed by atoms with van der Waals surface area (Å²) >= 11 is 0. The molecule has 0 spiro atoms. The van der Waals surface area contributed by atoms with E-state index in [0.717, 1.165) is 23.4 Å². The molecule has 25 heavy (non-hydrogen) atoms. The lowest BCUT2D eigenvalue weighted by Crippen LogP contribution is -2.22. The van der Waals surface area contributed by atoms with E-state index in [-0.39, 0.29) is 0 Å². The van der Waals surface area contributed by atoms with Crippen LogP contribution < -0.4 is 5.32 Å². The van der Waals surface area contributed by atoms with Crippen molar-refractivity contribution >= 4 is 5.82 Å².